The summed E-state index contributed by atoms with van der Waals surface area (Å²) in [7, 11) is 0. The van der Waals surface area contributed by atoms with Gasteiger partial charge in [-0.05, 0) is 79.1 Å². The van der Waals surface area contributed by atoms with Gasteiger partial charge in [0.2, 0.25) is 11.8 Å². The zero-order valence-electron chi connectivity index (χ0n) is 26.6. The van der Waals surface area contributed by atoms with Crippen molar-refractivity contribution in [2.75, 3.05) is 44.2 Å². The molecule has 4 atom stereocenters. The topological polar surface area (TPSA) is 67.9 Å². The smallest absolute Gasteiger partial charge is 0.245 e. The Balaban J connectivity index is 1.13. The number of carbonyl (C=O) groups excluding carboxylic acids is 2. The van der Waals surface area contributed by atoms with Crippen LogP contribution in [0.5, 0.6) is 0 Å². The number of carbonyl (C=O) groups is 2. The van der Waals surface area contributed by atoms with Crippen molar-refractivity contribution in [1.82, 2.24) is 20.4 Å². The Morgan fingerprint density at radius 1 is 0.933 bits per heavy atom. The molecule has 0 aliphatic carbocycles. The van der Waals surface area contributed by atoms with Crippen LogP contribution in [0.3, 0.4) is 0 Å². The van der Waals surface area contributed by atoms with E-state index in [-0.39, 0.29) is 17.9 Å². The molecular weight excluding hydrogens is 582 g/mol. The molecule has 0 spiro atoms. The predicted molar refractivity (Wildman–Crippen MR) is 181 cm³/mol. The summed E-state index contributed by atoms with van der Waals surface area (Å²) in [5.41, 5.74) is 5.99. The number of benzene rings is 3. The lowest BCUT2D eigenvalue weighted by Crippen LogP contribution is -2.58. The third-order valence-electron chi connectivity index (χ3n) is 9.92. The summed E-state index contributed by atoms with van der Waals surface area (Å²) in [6.07, 6.45) is 3.59. The molecule has 238 valence electrons. The molecule has 0 aromatic heterocycles. The summed E-state index contributed by atoms with van der Waals surface area (Å²) >= 11 is 6.14. The maximum Gasteiger partial charge on any atom is 0.245 e. The van der Waals surface area contributed by atoms with E-state index in [0.29, 0.717) is 43.5 Å². The summed E-state index contributed by atoms with van der Waals surface area (Å²) < 4.78 is 0. The van der Waals surface area contributed by atoms with Crippen molar-refractivity contribution in [2.24, 2.45) is 5.92 Å². The summed E-state index contributed by atoms with van der Waals surface area (Å²) in [6, 6.07) is 23.8. The van der Waals surface area contributed by atoms with Crippen molar-refractivity contribution in [1.29, 1.82) is 0 Å². The van der Waals surface area contributed by atoms with E-state index in [4.69, 9.17) is 11.6 Å². The number of para-hydroxylation sites is 1. The van der Waals surface area contributed by atoms with E-state index in [1.165, 1.54) is 35.2 Å². The lowest BCUT2D eigenvalue weighted by Gasteiger charge is -2.41. The number of nitrogens with zero attached hydrogens (tertiary/aromatic N) is 3. The number of hydrogen-bond donors (Lipinski definition) is 2. The molecule has 0 radical (unpaired) electrons. The highest BCUT2D eigenvalue weighted by Crippen LogP contribution is 2.33. The monoisotopic (exact) mass is 627 g/mol. The van der Waals surface area contributed by atoms with Gasteiger partial charge in [0.15, 0.2) is 0 Å². The zero-order valence-corrected chi connectivity index (χ0v) is 27.3. The summed E-state index contributed by atoms with van der Waals surface area (Å²) in [5, 5.41) is 7.16. The number of piperidine rings is 1. The molecular formula is C37H46ClN5O2. The Hall–Kier alpha value is -3.39. The normalized spacial score (nSPS) is 21.9. The fourth-order valence-corrected chi connectivity index (χ4v) is 7.39. The van der Waals surface area contributed by atoms with Gasteiger partial charge < -0.3 is 20.4 Å². The van der Waals surface area contributed by atoms with Gasteiger partial charge in [-0.25, -0.2) is 0 Å². The van der Waals surface area contributed by atoms with Crippen molar-refractivity contribution < 1.29 is 9.59 Å². The van der Waals surface area contributed by atoms with Gasteiger partial charge in [0, 0.05) is 62.4 Å². The minimum Gasteiger partial charge on any atom is -0.368 e. The van der Waals surface area contributed by atoms with Gasteiger partial charge >= 0.3 is 0 Å². The first-order valence-corrected chi connectivity index (χ1v) is 16.9. The van der Waals surface area contributed by atoms with Gasteiger partial charge in [-0.3, -0.25) is 14.5 Å². The summed E-state index contributed by atoms with van der Waals surface area (Å²) in [4.78, 5) is 34.6. The highest BCUT2D eigenvalue weighted by molar-refractivity contribution is 6.30. The Morgan fingerprint density at radius 3 is 2.40 bits per heavy atom. The molecule has 3 aliphatic rings. The van der Waals surface area contributed by atoms with Gasteiger partial charge in [0.1, 0.15) is 6.04 Å². The summed E-state index contributed by atoms with van der Waals surface area (Å²) in [6.45, 7) is 10.4. The molecule has 3 aliphatic heterocycles. The first kappa shape index (κ1) is 31.6. The Kier molecular flexibility index (Phi) is 10.1. The van der Waals surface area contributed by atoms with Gasteiger partial charge in [-0.2, -0.15) is 0 Å². The molecule has 2 saturated heterocycles. The van der Waals surface area contributed by atoms with Crippen molar-refractivity contribution in [3.05, 3.63) is 100 Å². The molecule has 2 amide bonds. The average Bonchev–Trinajstić information content (AvgIpc) is 3.08. The number of nitrogens with one attached hydrogen (secondary N) is 2. The lowest BCUT2D eigenvalue weighted by molar-refractivity contribution is -0.137. The van der Waals surface area contributed by atoms with E-state index in [0.717, 1.165) is 37.7 Å². The van der Waals surface area contributed by atoms with Crippen LogP contribution in [0, 0.1) is 5.92 Å². The third-order valence-corrected chi connectivity index (χ3v) is 10.2. The SMILES string of the molecule is CC1CCCN(C(C)c2ccccc2N2CCN(C(=O)[C@@H](Cc3ccc(Cl)cc3)NC(=O)[C@H]3Cc4ccccc4CN3)CC2)C1. The molecule has 2 unspecified atom stereocenters. The van der Waals surface area contributed by atoms with E-state index in [9.17, 15) is 9.59 Å². The fraction of sp³-hybridized carbons (Fsp3) is 0.459. The lowest BCUT2D eigenvalue weighted by atomic mass is 9.95. The van der Waals surface area contributed by atoms with Crippen LogP contribution >= 0.6 is 11.6 Å². The van der Waals surface area contributed by atoms with Crippen LogP contribution in [-0.4, -0.2) is 73.0 Å². The first-order chi connectivity index (χ1) is 21.9. The third kappa shape index (κ3) is 7.54. The first-order valence-electron chi connectivity index (χ1n) is 16.6. The van der Waals surface area contributed by atoms with Crippen molar-refractivity contribution >= 4 is 29.1 Å². The number of hydrogen-bond acceptors (Lipinski definition) is 5. The van der Waals surface area contributed by atoms with Gasteiger partial charge in [0.25, 0.3) is 0 Å². The van der Waals surface area contributed by atoms with Crippen LogP contribution < -0.4 is 15.5 Å². The van der Waals surface area contributed by atoms with E-state index in [2.05, 4.69) is 70.7 Å². The standard InChI is InChI=1S/C37H46ClN5O2/c1-26-8-7-17-43(25-26)27(2)32-11-5-6-12-35(32)41-18-20-42(21-19-41)37(45)34(22-28-13-15-31(38)16-14-28)40-36(44)33-23-29-9-3-4-10-30(29)24-39-33/h3-6,9-16,26-27,33-34,39H,7-8,17-25H2,1-2H3,(H,40,44)/t26?,27?,33-,34-/m1/s1. The number of fused-ring (bicyclic) bond motifs is 1. The predicted octanol–water partition coefficient (Wildman–Crippen LogP) is 5.22. The van der Waals surface area contributed by atoms with Crippen LogP contribution in [0.25, 0.3) is 0 Å². The van der Waals surface area contributed by atoms with Crippen LogP contribution in [-0.2, 0) is 29.0 Å². The minimum atomic E-state index is -0.655. The molecule has 0 saturated carbocycles. The molecule has 2 fully saturated rings. The van der Waals surface area contributed by atoms with Crippen molar-refractivity contribution in [2.45, 2.75) is 64.2 Å². The molecule has 0 bridgehead atoms. The average molecular weight is 628 g/mol. The number of halogens is 1. The maximum atomic E-state index is 14.1. The molecule has 45 heavy (non-hydrogen) atoms. The van der Waals surface area contributed by atoms with Gasteiger partial charge in [0.05, 0.1) is 6.04 Å². The Labute approximate surface area is 272 Å². The molecule has 2 N–H and O–H groups in total. The number of piperazine rings is 1. The second-order valence-corrected chi connectivity index (χ2v) is 13.5. The molecule has 8 heteroatoms. The zero-order chi connectivity index (χ0) is 31.3. The molecule has 6 rings (SSSR count). The van der Waals surface area contributed by atoms with Gasteiger partial charge in [-0.1, -0.05) is 73.1 Å². The quantitative estimate of drug-likeness (QED) is 0.358. The van der Waals surface area contributed by atoms with Crippen LogP contribution in [0.2, 0.25) is 5.02 Å². The number of likely N-dealkylation sites (tertiary alicyclic amines) is 1. The van der Waals surface area contributed by atoms with E-state index < -0.39 is 6.04 Å². The van der Waals surface area contributed by atoms with Crippen LogP contribution in [0.4, 0.5) is 5.69 Å². The second-order valence-electron chi connectivity index (χ2n) is 13.1. The molecule has 3 aromatic carbocycles. The molecule has 7 nitrogen and oxygen atoms in total. The van der Waals surface area contributed by atoms with Crippen molar-refractivity contribution in [3.8, 4) is 0 Å². The number of rotatable bonds is 8. The minimum absolute atomic E-state index is 0.0295. The molecule has 3 aromatic rings. The second kappa shape index (κ2) is 14.4. The molecule has 3 heterocycles. The van der Waals surface area contributed by atoms with E-state index in [1.807, 2.05) is 41.3 Å². The fourth-order valence-electron chi connectivity index (χ4n) is 7.26. The van der Waals surface area contributed by atoms with Gasteiger partial charge in [-0.15, -0.1) is 0 Å². The van der Waals surface area contributed by atoms with Crippen molar-refractivity contribution in [3.63, 3.8) is 0 Å². The highest BCUT2D eigenvalue weighted by atomic mass is 35.5. The largest absolute Gasteiger partial charge is 0.368 e. The number of amides is 2. The highest BCUT2D eigenvalue weighted by Gasteiger charge is 2.33. The van der Waals surface area contributed by atoms with E-state index in [1.54, 1.807) is 0 Å². The maximum absolute atomic E-state index is 14.1. The van der Waals surface area contributed by atoms with Crippen LogP contribution in [0.15, 0.2) is 72.8 Å². The van der Waals surface area contributed by atoms with Crippen LogP contribution in [0.1, 0.15) is 55.0 Å². The summed E-state index contributed by atoms with van der Waals surface area (Å²) in [5.74, 6) is 0.567. The Bertz CT molecular complexity index is 1470. The number of anilines is 1. The Morgan fingerprint density at radius 2 is 1.64 bits per heavy atom. The van der Waals surface area contributed by atoms with E-state index >= 15 is 0 Å².